The average Bonchev–Trinajstić information content (AvgIpc) is 2.92. The molecule has 0 spiro atoms. The van der Waals surface area contributed by atoms with Crippen LogP contribution in [-0.2, 0) is 31.5 Å². The summed E-state index contributed by atoms with van der Waals surface area (Å²) in [6.07, 6.45) is 13.4. The van der Waals surface area contributed by atoms with Crippen LogP contribution in [0, 0.1) is 0 Å². The molecule has 43 heavy (non-hydrogen) atoms. The fourth-order valence-electron chi connectivity index (χ4n) is 4.84. The van der Waals surface area contributed by atoms with Crippen LogP contribution >= 0.6 is 0 Å². The van der Waals surface area contributed by atoms with Gasteiger partial charge in [0.05, 0.1) is 16.3 Å². The van der Waals surface area contributed by atoms with Crippen LogP contribution in [0.2, 0.25) is 0 Å². The van der Waals surface area contributed by atoms with Crippen LogP contribution in [0.1, 0.15) is 83.6 Å². The summed E-state index contributed by atoms with van der Waals surface area (Å²) >= 11 is 0. The Morgan fingerprint density at radius 1 is 0.791 bits per heavy atom. The zero-order valence-corrected chi connectivity index (χ0v) is 26.0. The van der Waals surface area contributed by atoms with E-state index in [0.717, 1.165) is 49.9 Å². The molecule has 3 aromatic carbocycles. The molecular formula is C30H39N3O8S2. The summed E-state index contributed by atoms with van der Waals surface area (Å²) in [5.41, 5.74) is 0.622. The molecule has 0 saturated carbocycles. The largest absolute Gasteiger partial charge is 0.505 e. The molecule has 1 amide bonds. The van der Waals surface area contributed by atoms with E-state index in [4.69, 9.17) is 0 Å². The summed E-state index contributed by atoms with van der Waals surface area (Å²) in [6.45, 7) is 3.36. The third-order valence-electron chi connectivity index (χ3n) is 7.03. The minimum Gasteiger partial charge on any atom is -0.505 e. The molecule has 11 nitrogen and oxygen atoms in total. The lowest BCUT2D eigenvalue weighted by Gasteiger charge is -2.14. The predicted molar refractivity (Wildman–Crippen MR) is 166 cm³/mol. The Kier molecular flexibility index (Phi) is 12.2. The van der Waals surface area contributed by atoms with Crippen LogP contribution in [0.5, 0.6) is 5.75 Å². The molecule has 0 heterocycles. The highest BCUT2D eigenvalue weighted by Crippen LogP contribution is 2.45. The summed E-state index contributed by atoms with van der Waals surface area (Å²) in [6, 6.07) is 9.83. The van der Waals surface area contributed by atoms with Crippen molar-refractivity contribution in [3.05, 3.63) is 48.0 Å². The van der Waals surface area contributed by atoms with E-state index < -0.39 is 47.4 Å². The van der Waals surface area contributed by atoms with Gasteiger partial charge in [-0.15, -0.1) is 5.11 Å². The quantitative estimate of drug-likeness (QED) is 0.0697. The number of aryl methyl sites for hydroxylation is 1. The van der Waals surface area contributed by atoms with Crippen molar-refractivity contribution in [1.82, 2.24) is 0 Å². The molecule has 0 saturated heterocycles. The van der Waals surface area contributed by atoms with Gasteiger partial charge in [0.25, 0.3) is 20.2 Å². The molecule has 0 bridgehead atoms. The molecule has 0 radical (unpaired) electrons. The molecule has 0 aliphatic heterocycles. The highest BCUT2D eigenvalue weighted by atomic mass is 32.2. The highest BCUT2D eigenvalue weighted by molar-refractivity contribution is 7.86. The number of aromatic hydroxyl groups is 1. The number of nitrogens with zero attached hydrogens (tertiary/aromatic N) is 2. The molecule has 13 heteroatoms. The minimum atomic E-state index is -4.98. The van der Waals surface area contributed by atoms with Gasteiger partial charge in [-0.05, 0) is 54.1 Å². The van der Waals surface area contributed by atoms with Gasteiger partial charge in [0, 0.05) is 12.3 Å². The molecule has 0 aromatic heterocycles. The van der Waals surface area contributed by atoms with Gasteiger partial charge in [-0.3, -0.25) is 13.9 Å². The summed E-state index contributed by atoms with van der Waals surface area (Å²) < 4.78 is 67.3. The van der Waals surface area contributed by atoms with Crippen LogP contribution in [-0.4, -0.2) is 37.0 Å². The van der Waals surface area contributed by atoms with E-state index in [-0.39, 0.29) is 16.5 Å². The Morgan fingerprint density at radius 2 is 1.37 bits per heavy atom. The number of hydrogen-bond acceptors (Lipinski definition) is 8. The fraction of sp³-hybridized carbons (Fsp3) is 0.433. The molecule has 0 aliphatic carbocycles. The standard InChI is InChI=1S/C30H39N3O8S2/c1-3-4-5-6-7-8-9-10-11-12-13-22-14-16-24(17-15-22)32-33-29-27(43(39,40)41)19-23-18-25(42(36,37)38)20-26(31-21(2)34)28(23)30(29)35/h14-20,35H,3-13H2,1-2H3,(H,31,34)(H,36,37,38)(H,39,40,41). The molecule has 234 valence electrons. The average molecular weight is 634 g/mol. The Labute approximate surface area is 252 Å². The van der Waals surface area contributed by atoms with Crippen molar-refractivity contribution in [2.24, 2.45) is 10.2 Å². The zero-order valence-electron chi connectivity index (χ0n) is 24.4. The van der Waals surface area contributed by atoms with E-state index in [1.807, 2.05) is 12.1 Å². The van der Waals surface area contributed by atoms with E-state index >= 15 is 0 Å². The van der Waals surface area contributed by atoms with Gasteiger partial charge in [-0.1, -0.05) is 76.8 Å². The van der Waals surface area contributed by atoms with Gasteiger partial charge in [0.15, 0.2) is 5.75 Å². The van der Waals surface area contributed by atoms with Crippen molar-refractivity contribution in [1.29, 1.82) is 0 Å². The van der Waals surface area contributed by atoms with Crippen molar-refractivity contribution in [3.63, 3.8) is 0 Å². The number of anilines is 1. The van der Waals surface area contributed by atoms with Gasteiger partial charge < -0.3 is 10.4 Å². The van der Waals surface area contributed by atoms with E-state index in [1.165, 1.54) is 51.4 Å². The third-order valence-corrected chi connectivity index (χ3v) is 8.73. The number of benzene rings is 3. The number of hydrogen-bond donors (Lipinski definition) is 4. The van der Waals surface area contributed by atoms with Crippen LogP contribution in [0.25, 0.3) is 10.8 Å². The number of azo groups is 1. The van der Waals surface area contributed by atoms with Gasteiger partial charge in [0.1, 0.15) is 10.6 Å². The maximum Gasteiger partial charge on any atom is 0.296 e. The fourth-order valence-corrected chi connectivity index (χ4v) is 6.04. The van der Waals surface area contributed by atoms with E-state index in [0.29, 0.717) is 5.69 Å². The number of phenols is 1. The van der Waals surface area contributed by atoms with Crippen molar-refractivity contribution in [3.8, 4) is 5.75 Å². The van der Waals surface area contributed by atoms with Crippen molar-refractivity contribution in [2.75, 3.05) is 5.32 Å². The van der Waals surface area contributed by atoms with Crippen molar-refractivity contribution < 1.29 is 35.8 Å². The van der Waals surface area contributed by atoms with E-state index in [2.05, 4.69) is 22.5 Å². The Hall–Kier alpha value is -3.39. The first-order valence-electron chi connectivity index (χ1n) is 14.4. The smallest absolute Gasteiger partial charge is 0.296 e. The summed E-state index contributed by atoms with van der Waals surface area (Å²) in [5, 5.41) is 20.9. The monoisotopic (exact) mass is 633 g/mol. The number of amides is 1. The van der Waals surface area contributed by atoms with Gasteiger partial charge >= 0.3 is 0 Å². The molecule has 3 rings (SSSR count). The molecule has 0 fully saturated rings. The number of phenolic OH excluding ortho intramolecular Hbond substituents is 1. The molecular weight excluding hydrogens is 594 g/mol. The lowest BCUT2D eigenvalue weighted by Crippen LogP contribution is -2.08. The first-order chi connectivity index (χ1) is 20.3. The molecule has 3 aromatic rings. The number of carbonyl (C=O) groups is 1. The lowest BCUT2D eigenvalue weighted by molar-refractivity contribution is -0.114. The number of carbonyl (C=O) groups excluding carboxylic acids is 1. The number of unbranched alkanes of at least 4 members (excludes halogenated alkanes) is 9. The van der Waals surface area contributed by atoms with E-state index in [1.54, 1.807) is 12.1 Å². The first kappa shape index (κ1) is 34.1. The van der Waals surface area contributed by atoms with Gasteiger partial charge in [-0.25, -0.2) is 0 Å². The topological polar surface area (TPSA) is 183 Å². The lowest BCUT2D eigenvalue weighted by atomic mass is 10.0. The molecule has 0 unspecified atom stereocenters. The predicted octanol–water partition coefficient (Wildman–Crippen LogP) is 7.88. The maximum absolute atomic E-state index is 12.2. The van der Waals surface area contributed by atoms with Crippen LogP contribution in [0.3, 0.4) is 0 Å². The summed E-state index contributed by atoms with van der Waals surface area (Å²) in [5.74, 6) is -1.41. The second kappa shape index (κ2) is 15.4. The summed E-state index contributed by atoms with van der Waals surface area (Å²) in [7, 11) is -9.76. The Morgan fingerprint density at radius 3 is 1.91 bits per heavy atom. The number of nitrogens with one attached hydrogen (secondary N) is 1. The number of rotatable bonds is 16. The van der Waals surface area contributed by atoms with Crippen LogP contribution in [0.4, 0.5) is 17.1 Å². The van der Waals surface area contributed by atoms with Gasteiger partial charge in [-0.2, -0.15) is 21.9 Å². The molecule has 0 aliphatic rings. The normalized spacial score (nSPS) is 12.3. The Balaban J connectivity index is 1.79. The minimum absolute atomic E-state index is 0.171. The Bertz CT molecular complexity index is 1670. The second-order valence-electron chi connectivity index (χ2n) is 10.6. The first-order valence-corrected chi connectivity index (χ1v) is 17.3. The van der Waals surface area contributed by atoms with Gasteiger partial charge in [0.2, 0.25) is 5.91 Å². The van der Waals surface area contributed by atoms with Crippen molar-refractivity contribution in [2.45, 2.75) is 94.3 Å². The third kappa shape index (κ3) is 10.1. The SMILES string of the molecule is CCCCCCCCCCCCc1ccc(N=Nc2c(S(=O)(=O)O)cc3cc(S(=O)(=O)O)cc(NC(C)=O)c3c2O)cc1. The van der Waals surface area contributed by atoms with Crippen LogP contribution < -0.4 is 5.32 Å². The van der Waals surface area contributed by atoms with Crippen molar-refractivity contribution >= 4 is 54.0 Å². The maximum atomic E-state index is 12.2. The molecule has 0 atom stereocenters. The molecule has 4 N–H and O–H groups in total. The zero-order chi connectivity index (χ0) is 31.6. The van der Waals surface area contributed by atoms with E-state index in [9.17, 15) is 35.8 Å². The van der Waals surface area contributed by atoms with Crippen LogP contribution in [0.15, 0.2) is 62.5 Å². The summed E-state index contributed by atoms with van der Waals surface area (Å²) in [4.78, 5) is 10.2. The number of fused-ring (bicyclic) bond motifs is 1. The highest BCUT2D eigenvalue weighted by Gasteiger charge is 2.25. The second-order valence-corrected chi connectivity index (χ2v) is 13.4.